The molecule has 1 heterocycles. The number of aromatic nitrogens is 1. The van der Waals surface area contributed by atoms with Crippen molar-refractivity contribution in [2.75, 3.05) is 17.6 Å². The standard InChI is InChI=1S/C20H20FN3O3/c1-2-24-11-13(20(26)27)19(25)16-14(22)10-15(17(21)18(16)24)23-9-8-12-6-4-3-5-7-12/h3-7,10-11,23H,2,8-9,22H2,1H3,(H,26,27). The van der Waals surface area contributed by atoms with Gasteiger partial charge in [0.05, 0.1) is 16.6 Å². The van der Waals surface area contributed by atoms with Crippen molar-refractivity contribution in [1.82, 2.24) is 4.57 Å². The van der Waals surface area contributed by atoms with Crippen LogP contribution >= 0.6 is 0 Å². The third-order valence-electron chi connectivity index (χ3n) is 4.46. The van der Waals surface area contributed by atoms with Gasteiger partial charge in [0.1, 0.15) is 5.56 Å². The summed E-state index contributed by atoms with van der Waals surface area (Å²) < 4.78 is 16.5. The minimum absolute atomic E-state index is 0.00899. The lowest BCUT2D eigenvalue weighted by Gasteiger charge is -2.16. The van der Waals surface area contributed by atoms with Gasteiger partial charge in [0.2, 0.25) is 5.43 Å². The number of carboxylic acids is 1. The number of hydrogen-bond acceptors (Lipinski definition) is 4. The first-order valence-electron chi connectivity index (χ1n) is 8.60. The molecule has 0 amide bonds. The average molecular weight is 369 g/mol. The molecule has 0 fully saturated rings. The van der Waals surface area contributed by atoms with Crippen LogP contribution in [0.5, 0.6) is 0 Å². The van der Waals surface area contributed by atoms with E-state index in [2.05, 4.69) is 5.32 Å². The summed E-state index contributed by atoms with van der Waals surface area (Å²) in [5.41, 5.74) is 6.12. The van der Waals surface area contributed by atoms with Crippen molar-refractivity contribution in [3.8, 4) is 0 Å². The van der Waals surface area contributed by atoms with Crippen LogP contribution < -0.4 is 16.5 Å². The monoisotopic (exact) mass is 369 g/mol. The molecule has 3 rings (SSSR count). The van der Waals surface area contributed by atoms with Gasteiger partial charge in [-0.15, -0.1) is 0 Å². The number of nitrogens with two attached hydrogens (primary N) is 1. The van der Waals surface area contributed by atoms with Crippen molar-refractivity contribution in [3.63, 3.8) is 0 Å². The molecule has 4 N–H and O–H groups in total. The fraction of sp³-hybridized carbons (Fsp3) is 0.200. The number of anilines is 2. The molecule has 6 nitrogen and oxygen atoms in total. The number of nitrogens with one attached hydrogen (secondary N) is 1. The second-order valence-corrected chi connectivity index (χ2v) is 6.18. The Hall–Kier alpha value is -3.35. The van der Waals surface area contributed by atoms with Crippen molar-refractivity contribution in [2.24, 2.45) is 0 Å². The summed E-state index contributed by atoms with van der Waals surface area (Å²) in [6.07, 6.45) is 1.85. The number of carbonyl (C=O) groups is 1. The summed E-state index contributed by atoms with van der Waals surface area (Å²) in [7, 11) is 0. The third kappa shape index (κ3) is 3.48. The zero-order valence-electron chi connectivity index (χ0n) is 14.8. The van der Waals surface area contributed by atoms with Crippen molar-refractivity contribution < 1.29 is 14.3 Å². The van der Waals surface area contributed by atoms with Gasteiger partial charge in [-0.3, -0.25) is 4.79 Å². The molecule has 0 bridgehead atoms. The van der Waals surface area contributed by atoms with Gasteiger partial charge in [-0.05, 0) is 25.0 Å². The van der Waals surface area contributed by atoms with Gasteiger partial charge < -0.3 is 20.7 Å². The number of halogens is 1. The van der Waals surface area contributed by atoms with E-state index in [0.717, 1.165) is 11.8 Å². The number of fused-ring (bicyclic) bond motifs is 1. The molecular weight excluding hydrogens is 349 g/mol. The predicted octanol–water partition coefficient (Wildman–Crippen LogP) is 3.10. The van der Waals surface area contributed by atoms with Crippen LogP contribution in [0.1, 0.15) is 22.8 Å². The lowest BCUT2D eigenvalue weighted by molar-refractivity contribution is 0.0695. The molecule has 1 aromatic heterocycles. The number of aromatic carboxylic acids is 1. The molecule has 0 spiro atoms. The van der Waals surface area contributed by atoms with Gasteiger partial charge in [-0.2, -0.15) is 0 Å². The number of pyridine rings is 1. The largest absolute Gasteiger partial charge is 0.477 e. The van der Waals surface area contributed by atoms with Crippen LogP contribution in [0.25, 0.3) is 10.9 Å². The molecule has 0 radical (unpaired) electrons. The molecule has 0 aliphatic rings. The SMILES string of the molecule is CCn1cc(C(=O)O)c(=O)c2c(N)cc(NCCc3ccccc3)c(F)c21. The lowest BCUT2D eigenvalue weighted by atomic mass is 10.1. The first-order valence-corrected chi connectivity index (χ1v) is 8.60. The van der Waals surface area contributed by atoms with Crippen molar-refractivity contribution >= 4 is 28.2 Å². The quantitative estimate of drug-likeness (QED) is 0.580. The Morgan fingerprint density at radius 2 is 2.00 bits per heavy atom. The molecule has 0 saturated heterocycles. The van der Waals surface area contributed by atoms with E-state index in [4.69, 9.17) is 5.73 Å². The highest BCUT2D eigenvalue weighted by Gasteiger charge is 2.21. The lowest BCUT2D eigenvalue weighted by Crippen LogP contribution is -2.21. The Labute approximate surface area is 155 Å². The van der Waals surface area contributed by atoms with Crippen LogP contribution in [-0.4, -0.2) is 22.2 Å². The maximum Gasteiger partial charge on any atom is 0.341 e. The van der Waals surface area contributed by atoms with Crippen LogP contribution in [0.3, 0.4) is 0 Å². The molecule has 140 valence electrons. The molecular formula is C20H20FN3O3. The van der Waals surface area contributed by atoms with Crippen molar-refractivity contribution in [1.29, 1.82) is 0 Å². The molecule has 0 saturated carbocycles. The van der Waals surface area contributed by atoms with Crippen LogP contribution in [0, 0.1) is 5.82 Å². The predicted molar refractivity (Wildman–Crippen MR) is 104 cm³/mol. The highest BCUT2D eigenvalue weighted by molar-refractivity contribution is 5.99. The van der Waals surface area contributed by atoms with E-state index >= 15 is 4.39 Å². The zero-order valence-corrected chi connectivity index (χ0v) is 14.8. The second-order valence-electron chi connectivity index (χ2n) is 6.18. The third-order valence-corrected chi connectivity index (χ3v) is 4.46. The highest BCUT2D eigenvalue weighted by Crippen LogP contribution is 2.29. The fourth-order valence-electron chi connectivity index (χ4n) is 3.10. The van der Waals surface area contributed by atoms with Crippen molar-refractivity contribution in [3.05, 3.63) is 69.8 Å². The zero-order chi connectivity index (χ0) is 19.6. The Morgan fingerprint density at radius 1 is 1.30 bits per heavy atom. The number of aryl methyl sites for hydroxylation is 1. The number of nitrogens with zero attached hydrogens (tertiary/aromatic N) is 1. The van der Waals surface area contributed by atoms with E-state index in [-0.39, 0.29) is 22.3 Å². The summed E-state index contributed by atoms with van der Waals surface area (Å²) in [5, 5.41) is 12.1. The minimum atomic E-state index is -1.37. The van der Waals surface area contributed by atoms with E-state index in [9.17, 15) is 14.7 Å². The Morgan fingerprint density at radius 3 is 2.63 bits per heavy atom. The molecule has 7 heteroatoms. The van der Waals surface area contributed by atoms with Crippen LogP contribution in [-0.2, 0) is 13.0 Å². The van der Waals surface area contributed by atoms with E-state index in [1.54, 1.807) is 6.92 Å². The van der Waals surface area contributed by atoms with E-state index in [1.807, 2.05) is 30.3 Å². The second kappa shape index (κ2) is 7.49. The van der Waals surface area contributed by atoms with E-state index in [0.29, 0.717) is 19.5 Å². The number of carboxylic acid groups (broad SMARTS) is 1. The number of benzene rings is 2. The highest BCUT2D eigenvalue weighted by atomic mass is 19.1. The van der Waals surface area contributed by atoms with Gasteiger partial charge in [-0.1, -0.05) is 30.3 Å². The summed E-state index contributed by atoms with van der Waals surface area (Å²) in [4.78, 5) is 23.8. The molecule has 0 atom stereocenters. The van der Waals surface area contributed by atoms with E-state index < -0.39 is 22.8 Å². The molecule has 0 aliphatic heterocycles. The number of rotatable bonds is 6. The molecule has 27 heavy (non-hydrogen) atoms. The molecule has 0 unspecified atom stereocenters. The van der Waals surface area contributed by atoms with Crippen LogP contribution in [0.15, 0.2) is 47.4 Å². The van der Waals surface area contributed by atoms with E-state index in [1.165, 1.54) is 10.6 Å². The van der Waals surface area contributed by atoms with Crippen molar-refractivity contribution in [2.45, 2.75) is 19.9 Å². The molecule has 3 aromatic rings. The maximum atomic E-state index is 15.1. The van der Waals surface area contributed by atoms with Crippen LogP contribution in [0.4, 0.5) is 15.8 Å². The molecule has 2 aromatic carbocycles. The minimum Gasteiger partial charge on any atom is -0.477 e. The number of hydrogen-bond donors (Lipinski definition) is 3. The summed E-state index contributed by atoms with van der Waals surface area (Å²) >= 11 is 0. The van der Waals surface area contributed by atoms with Crippen LogP contribution in [0.2, 0.25) is 0 Å². The smallest absolute Gasteiger partial charge is 0.341 e. The normalized spacial score (nSPS) is 10.9. The summed E-state index contributed by atoms with van der Waals surface area (Å²) in [6, 6.07) is 11.1. The number of nitrogen functional groups attached to an aromatic ring is 1. The first-order chi connectivity index (χ1) is 12.9. The Kier molecular flexibility index (Phi) is 5.12. The fourth-order valence-corrected chi connectivity index (χ4v) is 3.10. The Balaban J connectivity index is 2.04. The maximum absolute atomic E-state index is 15.1. The van der Waals surface area contributed by atoms with Gasteiger partial charge in [0.25, 0.3) is 0 Å². The average Bonchev–Trinajstić information content (AvgIpc) is 2.65. The Bertz CT molecular complexity index is 1060. The summed E-state index contributed by atoms with van der Waals surface area (Å²) in [6.45, 7) is 2.51. The van der Waals surface area contributed by atoms with Gasteiger partial charge in [-0.25, -0.2) is 9.18 Å². The molecule has 0 aliphatic carbocycles. The van der Waals surface area contributed by atoms with Gasteiger partial charge in [0.15, 0.2) is 5.82 Å². The van der Waals surface area contributed by atoms with Gasteiger partial charge in [0, 0.05) is 25.0 Å². The first kappa shape index (κ1) is 18.4. The topological polar surface area (TPSA) is 97.4 Å². The van der Waals surface area contributed by atoms with Gasteiger partial charge >= 0.3 is 5.97 Å². The summed E-state index contributed by atoms with van der Waals surface area (Å²) in [5.74, 6) is -1.99.